The van der Waals surface area contributed by atoms with E-state index in [4.69, 9.17) is 19.9 Å². The summed E-state index contributed by atoms with van der Waals surface area (Å²) in [6.45, 7) is 7.69. The van der Waals surface area contributed by atoms with Gasteiger partial charge < -0.3 is 50.8 Å². The van der Waals surface area contributed by atoms with Gasteiger partial charge in [0.15, 0.2) is 12.1 Å². The molecule has 0 bridgehead atoms. The van der Waals surface area contributed by atoms with Gasteiger partial charge in [0.1, 0.15) is 6.10 Å². The maximum atomic E-state index is 13.2. The quantitative estimate of drug-likeness (QED) is 0.126. The van der Waals surface area contributed by atoms with Crippen molar-refractivity contribution in [2.45, 2.75) is 120 Å². The molecule has 0 aromatic rings. The number of sulfone groups is 1. The van der Waals surface area contributed by atoms with Crippen LogP contribution in [-0.4, -0.2) is 119 Å². The van der Waals surface area contributed by atoms with Crippen LogP contribution in [0.2, 0.25) is 0 Å². The Bertz CT molecular complexity index is 1080. The summed E-state index contributed by atoms with van der Waals surface area (Å²) in [6, 6.07) is -1.12. The van der Waals surface area contributed by atoms with Crippen molar-refractivity contribution in [1.29, 1.82) is 0 Å². The molecule has 0 spiro atoms. The average molecular weight is 665 g/mol. The number of halogens is 3. The van der Waals surface area contributed by atoms with Gasteiger partial charge in [-0.05, 0) is 18.8 Å². The first-order valence-electron chi connectivity index (χ1n) is 14.5. The number of nitrogens with two attached hydrogens (primary N) is 1. The Morgan fingerprint density at radius 2 is 1.77 bits per heavy atom. The fraction of sp³-hybridized carbons (Fsp3) is 0.889. The standard InChI is InChI=1S/C27H47F3N2O11S/c1-13(2)6-7-16(42-25-23(36)21(31)22(35)15(5)41-25)10-19-20(24(37)32-8-9-44(39,40)27(28,29)30)18(34)12-26(38,43-19)11-17(33)14(3)4/h6-7,13-23,25,33-36,38H,8-12,31H2,1-5H3,(H,32,37)/b7-6+/t15?,16-,17+,18-,19-,20+,21?,22?,23?,25?,26+/m0/s1. The van der Waals surface area contributed by atoms with Crippen LogP contribution in [0.3, 0.4) is 0 Å². The van der Waals surface area contributed by atoms with Gasteiger partial charge in [0, 0.05) is 25.8 Å². The lowest BCUT2D eigenvalue weighted by molar-refractivity contribution is -0.307. The molecule has 2 aliphatic rings. The maximum Gasteiger partial charge on any atom is 0.497 e. The van der Waals surface area contributed by atoms with Gasteiger partial charge in [-0.25, -0.2) is 8.42 Å². The molecule has 1 amide bonds. The van der Waals surface area contributed by atoms with Crippen LogP contribution in [0.25, 0.3) is 0 Å². The van der Waals surface area contributed by atoms with Crippen molar-refractivity contribution >= 4 is 15.7 Å². The van der Waals surface area contributed by atoms with Gasteiger partial charge in [0.25, 0.3) is 0 Å². The zero-order chi connectivity index (χ0) is 33.8. The zero-order valence-corrected chi connectivity index (χ0v) is 26.2. The molecule has 2 aliphatic heterocycles. The number of aliphatic hydroxyl groups is 5. The molecule has 17 heteroatoms. The summed E-state index contributed by atoms with van der Waals surface area (Å²) < 4.78 is 78.7. The molecule has 2 fully saturated rings. The number of ether oxygens (including phenoxy) is 3. The van der Waals surface area contributed by atoms with E-state index in [1.165, 1.54) is 6.92 Å². The third-order valence-electron chi connectivity index (χ3n) is 7.72. The monoisotopic (exact) mass is 664 g/mol. The first-order chi connectivity index (χ1) is 20.1. The SMILES string of the molecule is CC(C)/C=C/[C@@H](C[C@@H]1O[C@](O)(C[C@@H](O)C(C)C)C[C@H](O)[C@H]1C(=O)NCCS(=O)(=O)C(F)(F)F)OC1OC(C)C(O)C(N)C1O. The maximum absolute atomic E-state index is 13.2. The summed E-state index contributed by atoms with van der Waals surface area (Å²) in [5.74, 6) is -6.44. The van der Waals surface area contributed by atoms with Gasteiger partial charge in [-0.2, -0.15) is 13.2 Å². The predicted molar refractivity (Wildman–Crippen MR) is 150 cm³/mol. The topological polar surface area (TPSA) is 218 Å². The molecule has 0 aliphatic carbocycles. The Hall–Kier alpha value is -1.41. The Balaban J connectivity index is 2.38. The van der Waals surface area contributed by atoms with E-state index in [1.807, 2.05) is 13.8 Å². The normalized spacial score (nSPS) is 35.3. The van der Waals surface area contributed by atoms with Crippen LogP contribution >= 0.6 is 0 Å². The van der Waals surface area contributed by atoms with Crippen molar-refractivity contribution in [2.75, 3.05) is 12.3 Å². The molecule has 8 N–H and O–H groups in total. The Labute approximate surface area is 255 Å². The second-order valence-corrected chi connectivity index (χ2v) is 14.4. The van der Waals surface area contributed by atoms with Crippen LogP contribution in [0, 0.1) is 17.8 Å². The number of allylic oxidation sites excluding steroid dienone is 1. The van der Waals surface area contributed by atoms with E-state index in [9.17, 15) is 51.9 Å². The van der Waals surface area contributed by atoms with Crippen molar-refractivity contribution in [1.82, 2.24) is 5.32 Å². The van der Waals surface area contributed by atoms with Crippen LogP contribution in [0.15, 0.2) is 12.2 Å². The minimum absolute atomic E-state index is 0.00744. The van der Waals surface area contributed by atoms with Crippen LogP contribution in [0.1, 0.15) is 53.9 Å². The van der Waals surface area contributed by atoms with E-state index in [0.29, 0.717) is 0 Å². The van der Waals surface area contributed by atoms with Crippen molar-refractivity contribution < 1.29 is 66.1 Å². The summed E-state index contributed by atoms with van der Waals surface area (Å²) in [7, 11) is -5.53. The molecule has 0 saturated carbocycles. The van der Waals surface area contributed by atoms with Crippen LogP contribution < -0.4 is 11.1 Å². The third kappa shape index (κ3) is 10.3. The fourth-order valence-corrected chi connectivity index (χ4v) is 5.59. The molecular formula is C27H47F3N2O11S. The molecule has 44 heavy (non-hydrogen) atoms. The third-order valence-corrected chi connectivity index (χ3v) is 9.17. The molecule has 2 saturated heterocycles. The molecule has 258 valence electrons. The second kappa shape index (κ2) is 15.5. The number of hydrogen-bond acceptors (Lipinski definition) is 12. The molecule has 0 aromatic heterocycles. The minimum Gasteiger partial charge on any atom is -0.393 e. The zero-order valence-electron chi connectivity index (χ0n) is 25.4. The van der Waals surface area contributed by atoms with E-state index in [-0.39, 0.29) is 24.7 Å². The van der Waals surface area contributed by atoms with Gasteiger partial charge in [-0.1, -0.05) is 39.8 Å². The Morgan fingerprint density at radius 1 is 1.16 bits per heavy atom. The van der Waals surface area contributed by atoms with E-state index in [2.05, 4.69) is 5.32 Å². The Kier molecular flexibility index (Phi) is 13.6. The van der Waals surface area contributed by atoms with Gasteiger partial charge in [0.05, 0.1) is 54.3 Å². The van der Waals surface area contributed by atoms with E-state index < -0.39 is 107 Å². The highest BCUT2D eigenvalue weighted by Gasteiger charge is 2.51. The lowest BCUT2D eigenvalue weighted by Gasteiger charge is -2.46. The van der Waals surface area contributed by atoms with Crippen molar-refractivity contribution in [3.05, 3.63) is 12.2 Å². The molecule has 13 nitrogen and oxygen atoms in total. The average Bonchev–Trinajstić information content (AvgIpc) is 2.87. The summed E-state index contributed by atoms with van der Waals surface area (Å²) >= 11 is 0. The van der Waals surface area contributed by atoms with Gasteiger partial charge in [0.2, 0.25) is 15.7 Å². The largest absolute Gasteiger partial charge is 0.497 e. The van der Waals surface area contributed by atoms with Gasteiger partial charge >= 0.3 is 5.51 Å². The number of aliphatic hydroxyl groups excluding tert-OH is 4. The van der Waals surface area contributed by atoms with Crippen molar-refractivity contribution in [3.8, 4) is 0 Å². The number of carbonyl (C=O) groups excluding carboxylic acids is 1. The summed E-state index contributed by atoms with van der Waals surface area (Å²) in [5.41, 5.74) is 0.399. The second-order valence-electron chi connectivity index (χ2n) is 12.3. The highest BCUT2D eigenvalue weighted by atomic mass is 32.2. The van der Waals surface area contributed by atoms with Crippen LogP contribution in [0.4, 0.5) is 13.2 Å². The highest BCUT2D eigenvalue weighted by molar-refractivity contribution is 7.92. The lowest BCUT2D eigenvalue weighted by Crippen LogP contribution is -2.62. The first kappa shape index (κ1) is 38.8. The molecule has 0 aromatic carbocycles. The number of nitrogens with one attached hydrogen (secondary N) is 1. The van der Waals surface area contributed by atoms with Crippen molar-refractivity contribution in [3.63, 3.8) is 0 Å². The Morgan fingerprint density at radius 3 is 2.32 bits per heavy atom. The molecule has 2 heterocycles. The van der Waals surface area contributed by atoms with Crippen LogP contribution in [0.5, 0.6) is 0 Å². The summed E-state index contributed by atoms with van der Waals surface area (Å²) in [6.07, 6.45) is -7.83. The number of hydrogen-bond donors (Lipinski definition) is 7. The van der Waals surface area contributed by atoms with E-state index in [1.54, 1.807) is 26.0 Å². The van der Waals surface area contributed by atoms with Gasteiger partial charge in [-0.3, -0.25) is 4.79 Å². The first-order valence-corrected chi connectivity index (χ1v) is 16.2. The number of carbonyl (C=O) groups is 1. The highest BCUT2D eigenvalue weighted by Crippen LogP contribution is 2.38. The predicted octanol–water partition coefficient (Wildman–Crippen LogP) is -0.320. The molecule has 11 atom stereocenters. The molecule has 2 rings (SSSR count). The number of rotatable bonds is 13. The summed E-state index contributed by atoms with van der Waals surface area (Å²) in [5, 5.41) is 55.6. The van der Waals surface area contributed by atoms with E-state index >= 15 is 0 Å². The molecule has 0 radical (unpaired) electrons. The van der Waals surface area contributed by atoms with E-state index in [0.717, 1.165) is 0 Å². The lowest BCUT2D eigenvalue weighted by atomic mass is 9.81. The molecular weight excluding hydrogens is 617 g/mol. The molecule has 5 unspecified atom stereocenters. The number of alkyl halides is 3. The van der Waals surface area contributed by atoms with Crippen molar-refractivity contribution in [2.24, 2.45) is 23.5 Å². The van der Waals surface area contributed by atoms with Crippen LogP contribution in [-0.2, 0) is 28.8 Å². The summed E-state index contributed by atoms with van der Waals surface area (Å²) in [4.78, 5) is 13.2. The minimum atomic E-state index is -5.53. The smallest absolute Gasteiger partial charge is 0.393 e. The fourth-order valence-electron chi connectivity index (χ4n) is 4.99. The van der Waals surface area contributed by atoms with Gasteiger partial charge in [-0.15, -0.1) is 0 Å². The number of amides is 1.